The standard InChI is InChI=1S/C28H29N5O5S/c1-5-38-21-13-11-20(12-14-21)33-27(19-9-7-6-8-10-19)31-32-28(33)39-18-26(34)30-29-17-23-24(36-3)15-22(35-2)16-25(23)37-4/h6-17H,5,18H2,1-4H3,(H,30,34)/b29-17+. The summed E-state index contributed by atoms with van der Waals surface area (Å²) in [7, 11) is 4.62. The highest BCUT2D eigenvalue weighted by molar-refractivity contribution is 7.99. The Morgan fingerprint density at radius 1 is 0.949 bits per heavy atom. The molecule has 1 N–H and O–H groups in total. The van der Waals surface area contributed by atoms with Gasteiger partial charge in [0.25, 0.3) is 5.91 Å². The zero-order chi connectivity index (χ0) is 27.6. The number of hydrogen-bond acceptors (Lipinski definition) is 9. The summed E-state index contributed by atoms with van der Waals surface area (Å²) in [6, 6.07) is 20.8. The van der Waals surface area contributed by atoms with Crippen molar-refractivity contribution < 1.29 is 23.7 Å². The molecule has 1 amide bonds. The van der Waals surface area contributed by atoms with E-state index in [0.29, 0.717) is 40.4 Å². The topological polar surface area (TPSA) is 109 Å². The third-order valence-electron chi connectivity index (χ3n) is 5.54. The third kappa shape index (κ3) is 6.68. The van der Waals surface area contributed by atoms with Crippen molar-refractivity contribution in [2.45, 2.75) is 12.1 Å². The predicted molar refractivity (Wildman–Crippen MR) is 151 cm³/mol. The fraction of sp³-hybridized carbons (Fsp3) is 0.214. The van der Waals surface area contributed by atoms with E-state index < -0.39 is 0 Å². The summed E-state index contributed by atoms with van der Waals surface area (Å²) in [5.41, 5.74) is 4.87. The van der Waals surface area contributed by atoms with E-state index in [9.17, 15) is 4.79 Å². The lowest BCUT2D eigenvalue weighted by atomic mass is 10.2. The second-order valence-electron chi connectivity index (χ2n) is 7.96. The van der Waals surface area contributed by atoms with Gasteiger partial charge < -0.3 is 18.9 Å². The Hall–Kier alpha value is -4.51. The molecular weight excluding hydrogens is 518 g/mol. The smallest absolute Gasteiger partial charge is 0.250 e. The maximum Gasteiger partial charge on any atom is 0.250 e. The fourth-order valence-electron chi connectivity index (χ4n) is 3.72. The first-order chi connectivity index (χ1) is 19.1. The molecule has 0 aliphatic rings. The van der Waals surface area contributed by atoms with Crippen molar-refractivity contribution in [3.8, 4) is 40.1 Å². The highest BCUT2D eigenvalue weighted by Crippen LogP contribution is 2.33. The van der Waals surface area contributed by atoms with Gasteiger partial charge >= 0.3 is 0 Å². The van der Waals surface area contributed by atoms with Crippen LogP contribution in [0.4, 0.5) is 0 Å². The third-order valence-corrected chi connectivity index (χ3v) is 6.47. The first kappa shape index (κ1) is 27.5. The van der Waals surface area contributed by atoms with Crippen molar-refractivity contribution in [2.24, 2.45) is 5.10 Å². The van der Waals surface area contributed by atoms with Crippen LogP contribution in [0.3, 0.4) is 0 Å². The van der Waals surface area contributed by atoms with Crippen LogP contribution in [0.25, 0.3) is 17.1 Å². The lowest BCUT2D eigenvalue weighted by Gasteiger charge is -2.12. The van der Waals surface area contributed by atoms with Crippen LogP contribution in [0.1, 0.15) is 12.5 Å². The summed E-state index contributed by atoms with van der Waals surface area (Å²) in [5.74, 6) is 2.76. The van der Waals surface area contributed by atoms with Crippen molar-refractivity contribution >= 4 is 23.9 Å². The number of amides is 1. The molecule has 0 aliphatic carbocycles. The van der Waals surface area contributed by atoms with Crippen molar-refractivity contribution in [1.29, 1.82) is 0 Å². The second kappa shape index (κ2) is 13.3. The molecule has 0 bridgehead atoms. The lowest BCUT2D eigenvalue weighted by Crippen LogP contribution is -2.20. The van der Waals surface area contributed by atoms with Crippen LogP contribution >= 0.6 is 11.8 Å². The minimum atomic E-state index is -0.315. The second-order valence-corrected chi connectivity index (χ2v) is 8.90. The first-order valence-electron chi connectivity index (χ1n) is 12.1. The Bertz CT molecular complexity index is 1400. The molecule has 4 aromatic rings. The van der Waals surface area contributed by atoms with Crippen molar-refractivity contribution in [3.05, 3.63) is 72.3 Å². The zero-order valence-electron chi connectivity index (χ0n) is 22.1. The van der Waals surface area contributed by atoms with Gasteiger partial charge in [0, 0.05) is 23.4 Å². The van der Waals surface area contributed by atoms with E-state index in [0.717, 1.165) is 17.0 Å². The molecule has 0 unspecified atom stereocenters. The number of carbonyl (C=O) groups is 1. The fourth-order valence-corrected chi connectivity index (χ4v) is 4.46. The molecule has 0 fully saturated rings. The molecule has 0 aliphatic heterocycles. The maximum absolute atomic E-state index is 12.7. The quantitative estimate of drug-likeness (QED) is 0.156. The van der Waals surface area contributed by atoms with Crippen molar-refractivity contribution in [1.82, 2.24) is 20.2 Å². The maximum atomic E-state index is 12.7. The number of nitrogens with zero attached hydrogens (tertiary/aromatic N) is 4. The Morgan fingerprint density at radius 3 is 2.26 bits per heavy atom. The molecule has 0 saturated carbocycles. The average Bonchev–Trinajstić information content (AvgIpc) is 3.41. The number of benzene rings is 3. The minimum absolute atomic E-state index is 0.0676. The number of methoxy groups -OCH3 is 3. The molecule has 0 radical (unpaired) electrons. The summed E-state index contributed by atoms with van der Waals surface area (Å²) in [6.45, 7) is 2.52. The van der Waals surface area contributed by atoms with Gasteiger partial charge in [-0.25, -0.2) is 5.43 Å². The predicted octanol–water partition coefficient (Wildman–Crippen LogP) is 4.60. The Kier molecular flexibility index (Phi) is 9.41. The highest BCUT2D eigenvalue weighted by atomic mass is 32.2. The van der Waals surface area contributed by atoms with E-state index >= 15 is 0 Å². The molecule has 4 rings (SSSR count). The van der Waals surface area contributed by atoms with Gasteiger partial charge in [-0.1, -0.05) is 42.1 Å². The van der Waals surface area contributed by atoms with E-state index in [4.69, 9.17) is 18.9 Å². The summed E-state index contributed by atoms with van der Waals surface area (Å²) >= 11 is 1.25. The number of thioether (sulfide) groups is 1. The molecule has 39 heavy (non-hydrogen) atoms. The Morgan fingerprint density at radius 2 is 1.64 bits per heavy atom. The van der Waals surface area contributed by atoms with Crippen molar-refractivity contribution in [3.63, 3.8) is 0 Å². The molecule has 0 atom stereocenters. The summed E-state index contributed by atoms with van der Waals surface area (Å²) in [6.07, 6.45) is 1.47. The minimum Gasteiger partial charge on any atom is -0.496 e. The Labute approximate surface area is 231 Å². The number of hydrazone groups is 1. The van der Waals surface area contributed by atoms with Gasteiger partial charge in [-0.05, 0) is 31.2 Å². The average molecular weight is 548 g/mol. The lowest BCUT2D eigenvalue weighted by molar-refractivity contribution is -0.118. The van der Waals surface area contributed by atoms with Gasteiger partial charge in [-0.15, -0.1) is 10.2 Å². The van der Waals surface area contributed by atoms with Gasteiger partial charge in [0.05, 0.1) is 45.5 Å². The van der Waals surface area contributed by atoms with E-state index in [1.807, 2.05) is 66.1 Å². The zero-order valence-corrected chi connectivity index (χ0v) is 22.9. The molecule has 10 nitrogen and oxygen atoms in total. The van der Waals surface area contributed by atoms with Crippen LogP contribution in [0.2, 0.25) is 0 Å². The molecule has 1 aromatic heterocycles. The number of aromatic nitrogens is 3. The summed E-state index contributed by atoms with van der Waals surface area (Å²) in [5, 5.41) is 13.4. The number of carbonyl (C=O) groups excluding carboxylic acids is 1. The largest absolute Gasteiger partial charge is 0.496 e. The molecular formula is C28H29N5O5S. The van der Waals surface area contributed by atoms with Crippen LogP contribution in [0.15, 0.2) is 77.0 Å². The highest BCUT2D eigenvalue weighted by Gasteiger charge is 2.18. The van der Waals surface area contributed by atoms with Gasteiger partial charge in [0.2, 0.25) is 0 Å². The molecule has 11 heteroatoms. The number of ether oxygens (including phenoxy) is 4. The van der Waals surface area contributed by atoms with Crippen LogP contribution in [-0.4, -0.2) is 60.6 Å². The number of hydrogen-bond donors (Lipinski definition) is 1. The molecule has 0 saturated heterocycles. The van der Waals surface area contributed by atoms with Crippen LogP contribution < -0.4 is 24.4 Å². The van der Waals surface area contributed by atoms with Crippen LogP contribution in [-0.2, 0) is 4.79 Å². The molecule has 202 valence electrons. The van der Waals surface area contributed by atoms with Crippen molar-refractivity contribution in [2.75, 3.05) is 33.7 Å². The summed E-state index contributed by atoms with van der Waals surface area (Å²) < 4.78 is 23.6. The SMILES string of the molecule is CCOc1ccc(-n2c(SCC(=O)N/N=C/c3c(OC)cc(OC)cc3OC)nnc2-c2ccccc2)cc1. The van der Waals surface area contributed by atoms with E-state index in [1.165, 1.54) is 32.2 Å². The Balaban J connectivity index is 1.51. The van der Waals surface area contributed by atoms with Gasteiger partial charge in [0.1, 0.15) is 23.0 Å². The van der Waals surface area contributed by atoms with E-state index in [-0.39, 0.29) is 11.7 Å². The summed E-state index contributed by atoms with van der Waals surface area (Å²) in [4.78, 5) is 12.7. The van der Waals surface area contributed by atoms with Crippen LogP contribution in [0, 0.1) is 0 Å². The van der Waals surface area contributed by atoms with Gasteiger partial charge in [0.15, 0.2) is 11.0 Å². The molecule has 0 spiro atoms. The molecule has 3 aromatic carbocycles. The van der Waals surface area contributed by atoms with E-state index in [2.05, 4.69) is 20.7 Å². The normalized spacial score (nSPS) is 10.9. The number of nitrogens with one attached hydrogen (secondary N) is 1. The van der Waals surface area contributed by atoms with Gasteiger partial charge in [-0.2, -0.15) is 5.10 Å². The van der Waals surface area contributed by atoms with E-state index in [1.54, 1.807) is 19.2 Å². The number of rotatable bonds is 12. The monoisotopic (exact) mass is 547 g/mol. The van der Waals surface area contributed by atoms with Gasteiger partial charge in [-0.3, -0.25) is 9.36 Å². The molecule has 1 heterocycles. The first-order valence-corrected chi connectivity index (χ1v) is 13.0. The van der Waals surface area contributed by atoms with Crippen LogP contribution in [0.5, 0.6) is 23.0 Å².